The number of hydrogen-bond acceptors (Lipinski definition) is 2. The van der Waals surface area contributed by atoms with E-state index in [0.29, 0.717) is 0 Å². The van der Waals surface area contributed by atoms with E-state index in [1.165, 1.54) is 41.0 Å². The first-order valence-electron chi connectivity index (χ1n) is 8.36. The number of thioether (sulfide) groups is 2. The van der Waals surface area contributed by atoms with E-state index in [0.717, 1.165) is 6.42 Å². The van der Waals surface area contributed by atoms with Crippen LogP contribution in [0.15, 0.2) is 66.7 Å². The lowest BCUT2D eigenvalue weighted by Crippen LogP contribution is -2.22. The second kappa shape index (κ2) is 8.12. The Morgan fingerprint density at radius 3 is 2.22 bits per heavy atom. The molecule has 0 amide bonds. The highest BCUT2D eigenvalue weighted by Crippen LogP contribution is 2.53. The summed E-state index contributed by atoms with van der Waals surface area (Å²) in [6, 6.07) is 21.8. The molecular weight excluding hydrogens is 316 g/mol. The zero-order valence-electron chi connectivity index (χ0n) is 13.7. The molecule has 120 valence electrons. The Kier molecular flexibility index (Phi) is 5.91. The highest BCUT2D eigenvalue weighted by atomic mass is 32.2. The summed E-state index contributed by atoms with van der Waals surface area (Å²) in [5.41, 5.74) is 4.21. The maximum atomic E-state index is 2.41. The zero-order valence-corrected chi connectivity index (χ0v) is 15.3. The highest BCUT2D eigenvalue weighted by molar-refractivity contribution is 8.18. The van der Waals surface area contributed by atoms with Crippen molar-refractivity contribution in [1.82, 2.24) is 0 Å². The molecule has 1 aliphatic heterocycles. The number of benzene rings is 2. The minimum absolute atomic E-state index is 0.243. The Morgan fingerprint density at radius 1 is 0.957 bits per heavy atom. The van der Waals surface area contributed by atoms with E-state index in [4.69, 9.17) is 0 Å². The SMILES string of the molecule is C/C(=C\CCC1(c2ccccc2)SCCCS1)c1ccccc1. The fraction of sp³-hybridized carbons (Fsp3) is 0.333. The van der Waals surface area contributed by atoms with Gasteiger partial charge < -0.3 is 0 Å². The van der Waals surface area contributed by atoms with Crippen molar-refractivity contribution < 1.29 is 0 Å². The van der Waals surface area contributed by atoms with Gasteiger partial charge in [0, 0.05) is 0 Å². The van der Waals surface area contributed by atoms with Gasteiger partial charge in [0.25, 0.3) is 0 Å². The van der Waals surface area contributed by atoms with Gasteiger partial charge in [-0.05, 0) is 54.4 Å². The lowest BCUT2D eigenvalue weighted by atomic mass is 10.0. The molecule has 0 N–H and O–H groups in total. The Bertz CT molecular complexity index is 625. The van der Waals surface area contributed by atoms with Gasteiger partial charge in [-0.3, -0.25) is 0 Å². The quantitative estimate of drug-likeness (QED) is 0.602. The molecule has 0 spiro atoms. The van der Waals surface area contributed by atoms with Gasteiger partial charge in [-0.1, -0.05) is 66.7 Å². The van der Waals surface area contributed by atoms with Crippen LogP contribution >= 0.6 is 23.5 Å². The van der Waals surface area contributed by atoms with Gasteiger partial charge in [0.1, 0.15) is 0 Å². The summed E-state index contributed by atoms with van der Waals surface area (Å²) in [5.74, 6) is 2.56. The van der Waals surface area contributed by atoms with Gasteiger partial charge in [-0.2, -0.15) is 0 Å². The molecule has 1 saturated heterocycles. The fourth-order valence-electron chi connectivity index (χ4n) is 3.02. The lowest BCUT2D eigenvalue weighted by molar-refractivity contribution is 0.762. The fourth-order valence-corrected chi connectivity index (χ4v) is 6.40. The van der Waals surface area contributed by atoms with E-state index in [-0.39, 0.29) is 4.08 Å². The number of allylic oxidation sites excluding steroid dienone is 2. The standard InChI is InChI=1S/C21H24S2/c1-18(19-11-4-2-5-12-19)10-8-15-21(22-16-9-17-23-21)20-13-6-3-7-14-20/h2-7,10-14H,8-9,15-17H2,1H3/b18-10+. The molecule has 23 heavy (non-hydrogen) atoms. The van der Waals surface area contributed by atoms with Crippen LogP contribution in [0.5, 0.6) is 0 Å². The van der Waals surface area contributed by atoms with Gasteiger partial charge in [0.2, 0.25) is 0 Å². The van der Waals surface area contributed by atoms with Crippen LogP contribution in [-0.4, -0.2) is 11.5 Å². The first-order valence-corrected chi connectivity index (χ1v) is 10.3. The Morgan fingerprint density at radius 2 is 1.57 bits per heavy atom. The van der Waals surface area contributed by atoms with Crippen LogP contribution in [0.25, 0.3) is 5.57 Å². The summed E-state index contributed by atoms with van der Waals surface area (Å²) in [4.78, 5) is 0. The minimum atomic E-state index is 0.243. The predicted molar refractivity (Wildman–Crippen MR) is 107 cm³/mol. The molecule has 2 aromatic rings. The summed E-state index contributed by atoms with van der Waals surface area (Å²) in [7, 11) is 0. The van der Waals surface area contributed by atoms with Crippen molar-refractivity contribution in [3.8, 4) is 0 Å². The van der Waals surface area contributed by atoms with E-state index in [2.05, 4.69) is 97.2 Å². The van der Waals surface area contributed by atoms with E-state index in [1.54, 1.807) is 0 Å². The molecule has 0 unspecified atom stereocenters. The average Bonchev–Trinajstić information content (AvgIpc) is 2.64. The number of rotatable bonds is 5. The molecule has 3 rings (SSSR count). The smallest absolute Gasteiger partial charge is 0.0863 e. The molecule has 0 radical (unpaired) electrons. The van der Waals surface area contributed by atoms with E-state index in [9.17, 15) is 0 Å². The van der Waals surface area contributed by atoms with Crippen LogP contribution < -0.4 is 0 Å². The molecule has 0 aliphatic carbocycles. The molecule has 0 atom stereocenters. The largest absolute Gasteiger partial charge is 0.139 e. The first kappa shape index (κ1) is 16.7. The molecule has 0 bridgehead atoms. The Hall–Kier alpha value is -1.12. The molecule has 2 aromatic carbocycles. The Balaban J connectivity index is 1.73. The van der Waals surface area contributed by atoms with Gasteiger partial charge >= 0.3 is 0 Å². The molecule has 0 saturated carbocycles. The molecule has 1 heterocycles. The summed E-state index contributed by atoms with van der Waals surface area (Å²) >= 11 is 4.29. The predicted octanol–water partition coefficient (Wildman–Crippen LogP) is 6.59. The first-order chi connectivity index (χ1) is 11.3. The van der Waals surface area contributed by atoms with Crippen LogP contribution in [-0.2, 0) is 4.08 Å². The second-order valence-corrected chi connectivity index (χ2v) is 9.01. The van der Waals surface area contributed by atoms with Crippen LogP contribution in [0.1, 0.15) is 37.3 Å². The summed E-state index contributed by atoms with van der Waals surface area (Å²) in [5, 5.41) is 0. The summed E-state index contributed by atoms with van der Waals surface area (Å²) < 4.78 is 0.243. The van der Waals surface area contributed by atoms with E-state index >= 15 is 0 Å². The van der Waals surface area contributed by atoms with Crippen LogP contribution in [0.3, 0.4) is 0 Å². The van der Waals surface area contributed by atoms with Crippen molar-refractivity contribution in [3.63, 3.8) is 0 Å². The summed E-state index contributed by atoms with van der Waals surface area (Å²) in [6.07, 6.45) is 6.09. The van der Waals surface area contributed by atoms with Crippen LogP contribution in [0.4, 0.5) is 0 Å². The van der Waals surface area contributed by atoms with Gasteiger partial charge in [0.15, 0.2) is 0 Å². The summed E-state index contributed by atoms with van der Waals surface area (Å²) in [6.45, 7) is 2.23. The van der Waals surface area contributed by atoms with Crippen molar-refractivity contribution in [2.45, 2.75) is 30.3 Å². The molecule has 1 fully saturated rings. The molecule has 0 aromatic heterocycles. The third-order valence-electron chi connectivity index (χ3n) is 4.33. The average molecular weight is 341 g/mol. The van der Waals surface area contributed by atoms with E-state index < -0.39 is 0 Å². The molecule has 0 nitrogen and oxygen atoms in total. The third-order valence-corrected chi connectivity index (χ3v) is 7.83. The van der Waals surface area contributed by atoms with Crippen molar-refractivity contribution in [2.24, 2.45) is 0 Å². The van der Waals surface area contributed by atoms with Crippen LogP contribution in [0.2, 0.25) is 0 Å². The van der Waals surface area contributed by atoms with Gasteiger partial charge in [0.05, 0.1) is 4.08 Å². The lowest BCUT2D eigenvalue weighted by Gasteiger charge is -2.36. The zero-order chi connectivity index (χ0) is 16.0. The second-order valence-electron chi connectivity index (χ2n) is 5.96. The highest BCUT2D eigenvalue weighted by Gasteiger charge is 2.34. The maximum Gasteiger partial charge on any atom is 0.0863 e. The van der Waals surface area contributed by atoms with Crippen LogP contribution in [0, 0.1) is 0 Å². The number of hydrogen-bond donors (Lipinski definition) is 0. The Labute approximate surface area is 148 Å². The monoisotopic (exact) mass is 340 g/mol. The molecule has 2 heteroatoms. The van der Waals surface area contributed by atoms with Crippen molar-refractivity contribution >= 4 is 29.1 Å². The van der Waals surface area contributed by atoms with Crippen molar-refractivity contribution in [1.29, 1.82) is 0 Å². The van der Waals surface area contributed by atoms with E-state index in [1.807, 2.05) is 0 Å². The normalized spacial score (nSPS) is 17.9. The van der Waals surface area contributed by atoms with Gasteiger partial charge in [-0.25, -0.2) is 0 Å². The third kappa shape index (κ3) is 4.24. The topological polar surface area (TPSA) is 0 Å². The van der Waals surface area contributed by atoms with Crippen molar-refractivity contribution in [2.75, 3.05) is 11.5 Å². The molecular formula is C21H24S2. The van der Waals surface area contributed by atoms with Gasteiger partial charge in [-0.15, -0.1) is 23.5 Å². The minimum Gasteiger partial charge on any atom is -0.139 e. The van der Waals surface area contributed by atoms with Crippen molar-refractivity contribution in [3.05, 3.63) is 77.9 Å². The maximum absolute atomic E-state index is 2.41. The molecule has 1 aliphatic rings.